The van der Waals surface area contributed by atoms with Crippen molar-refractivity contribution < 1.29 is 18.8 Å². The van der Waals surface area contributed by atoms with E-state index in [4.69, 9.17) is 14.0 Å². The predicted octanol–water partition coefficient (Wildman–Crippen LogP) is 3.53. The highest BCUT2D eigenvalue weighted by Gasteiger charge is 2.41. The van der Waals surface area contributed by atoms with Crippen LogP contribution >= 0.6 is 0 Å². The Morgan fingerprint density at radius 2 is 2.10 bits per heavy atom. The summed E-state index contributed by atoms with van der Waals surface area (Å²) in [4.78, 5) is 19.4. The summed E-state index contributed by atoms with van der Waals surface area (Å²) in [5.41, 5.74) is 0.878. The quantitative estimate of drug-likeness (QED) is 0.705. The molecular weight excluding hydrogens is 394 g/mol. The Morgan fingerprint density at radius 3 is 2.87 bits per heavy atom. The number of carbonyl (C=O) groups excluding carboxylic acids is 1. The number of piperidine rings is 1. The normalized spacial score (nSPS) is 23.1. The fourth-order valence-electron chi connectivity index (χ4n) is 4.99. The monoisotopic (exact) mass is 425 g/mol. The lowest BCUT2D eigenvalue weighted by molar-refractivity contribution is -0.146. The average Bonchev–Trinajstić information content (AvgIpc) is 3.53. The van der Waals surface area contributed by atoms with Crippen molar-refractivity contribution in [1.82, 2.24) is 15.0 Å². The molecule has 1 atom stereocenters. The van der Waals surface area contributed by atoms with Gasteiger partial charge in [0.05, 0.1) is 19.1 Å². The van der Waals surface area contributed by atoms with Crippen LogP contribution in [0.1, 0.15) is 61.7 Å². The maximum absolute atomic E-state index is 12.8. The van der Waals surface area contributed by atoms with Crippen molar-refractivity contribution in [3.63, 3.8) is 0 Å². The van der Waals surface area contributed by atoms with E-state index in [1.54, 1.807) is 7.11 Å². The van der Waals surface area contributed by atoms with Crippen molar-refractivity contribution in [3.8, 4) is 5.75 Å². The Kier molecular flexibility index (Phi) is 5.69. The van der Waals surface area contributed by atoms with Gasteiger partial charge in [0.15, 0.2) is 5.82 Å². The van der Waals surface area contributed by atoms with Crippen LogP contribution in [-0.4, -0.2) is 53.4 Å². The third-order valence-electron chi connectivity index (χ3n) is 6.99. The molecule has 1 saturated carbocycles. The van der Waals surface area contributed by atoms with Gasteiger partial charge < -0.3 is 18.9 Å². The molecule has 1 aromatic heterocycles. The van der Waals surface area contributed by atoms with Crippen LogP contribution in [0.15, 0.2) is 28.8 Å². The van der Waals surface area contributed by atoms with E-state index < -0.39 is 0 Å². The molecule has 0 radical (unpaired) electrons. The summed E-state index contributed by atoms with van der Waals surface area (Å²) < 4.78 is 17.0. The van der Waals surface area contributed by atoms with Crippen LogP contribution in [0.25, 0.3) is 0 Å². The molecule has 7 nitrogen and oxygen atoms in total. The van der Waals surface area contributed by atoms with Crippen LogP contribution in [0.4, 0.5) is 0 Å². The summed E-state index contributed by atoms with van der Waals surface area (Å²) in [7, 11) is 1.65. The van der Waals surface area contributed by atoms with Crippen LogP contribution in [0.5, 0.6) is 5.75 Å². The molecule has 166 valence electrons. The van der Waals surface area contributed by atoms with Gasteiger partial charge >= 0.3 is 0 Å². The molecule has 1 unspecified atom stereocenters. The number of hydrogen-bond donors (Lipinski definition) is 0. The fourth-order valence-corrected chi connectivity index (χ4v) is 4.99. The summed E-state index contributed by atoms with van der Waals surface area (Å²) in [6, 6.07) is 7.74. The van der Waals surface area contributed by atoms with Crippen molar-refractivity contribution in [3.05, 3.63) is 41.5 Å². The molecular formula is C24H31N3O4. The summed E-state index contributed by atoms with van der Waals surface area (Å²) in [5, 5.41) is 4.20. The molecule has 3 heterocycles. The smallest absolute Gasteiger partial charge is 0.229 e. The van der Waals surface area contributed by atoms with Gasteiger partial charge in [-0.2, -0.15) is 4.98 Å². The number of hydrogen-bond acceptors (Lipinski definition) is 6. The molecule has 1 amide bonds. The number of aromatic nitrogens is 2. The van der Waals surface area contributed by atoms with E-state index in [1.807, 2.05) is 29.2 Å². The maximum Gasteiger partial charge on any atom is 0.229 e. The summed E-state index contributed by atoms with van der Waals surface area (Å²) in [6.07, 6.45) is 7.46. The van der Waals surface area contributed by atoms with Crippen molar-refractivity contribution in [2.75, 3.05) is 26.8 Å². The number of methoxy groups -OCH3 is 1. The zero-order valence-corrected chi connectivity index (χ0v) is 18.2. The first-order chi connectivity index (χ1) is 15.1. The maximum atomic E-state index is 12.8. The van der Waals surface area contributed by atoms with Crippen molar-refractivity contribution in [2.24, 2.45) is 5.92 Å². The highest BCUT2D eigenvalue weighted by Crippen LogP contribution is 2.40. The second-order valence-electron chi connectivity index (χ2n) is 9.33. The average molecular weight is 426 g/mol. The van der Waals surface area contributed by atoms with Crippen LogP contribution in [0.2, 0.25) is 0 Å². The highest BCUT2D eigenvalue weighted by molar-refractivity contribution is 5.79. The van der Waals surface area contributed by atoms with Gasteiger partial charge in [0, 0.05) is 32.0 Å². The fraction of sp³-hybridized carbons (Fsp3) is 0.625. The molecule has 5 rings (SSSR count). The number of nitrogens with zero attached hydrogens (tertiary/aromatic N) is 3. The Balaban J connectivity index is 1.14. The van der Waals surface area contributed by atoms with E-state index in [-0.39, 0.29) is 11.5 Å². The molecule has 2 saturated heterocycles. The lowest BCUT2D eigenvalue weighted by Crippen LogP contribution is -2.51. The first-order valence-electron chi connectivity index (χ1n) is 11.5. The van der Waals surface area contributed by atoms with Gasteiger partial charge in [-0.1, -0.05) is 17.3 Å². The van der Waals surface area contributed by atoms with E-state index >= 15 is 0 Å². The van der Waals surface area contributed by atoms with Gasteiger partial charge in [0.1, 0.15) is 5.75 Å². The third-order valence-corrected chi connectivity index (χ3v) is 6.99. The highest BCUT2D eigenvalue weighted by atomic mass is 16.5. The Morgan fingerprint density at radius 1 is 1.26 bits per heavy atom. The van der Waals surface area contributed by atoms with E-state index in [9.17, 15) is 4.79 Å². The van der Waals surface area contributed by atoms with E-state index in [2.05, 4.69) is 10.1 Å². The summed E-state index contributed by atoms with van der Waals surface area (Å²) >= 11 is 0. The number of carbonyl (C=O) groups is 1. The predicted molar refractivity (Wildman–Crippen MR) is 114 cm³/mol. The molecule has 7 heteroatoms. The standard InChI is InChI=1S/C24H31N3O4/c1-29-20-4-2-3-17(13-20)15-22(28)27-10-8-24(9-11-27)16-18(7-12-30-24)14-21-25-23(31-26-21)19-5-6-19/h2-4,13,18-19H,5-12,14-16H2,1H3. The molecule has 1 aliphatic carbocycles. The largest absolute Gasteiger partial charge is 0.497 e. The SMILES string of the molecule is COc1cccc(CC(=O)N2CCC3(CC2)CC(Cc2noc(C4CC4)n2)CCO3)c1. The van der Waals surface area contributed by atoms with Crippen LogP contribution < -0.4 is 4.74 Å². The molecule has 2 aromatic rings. The minimum Gasteiger partial charge on any atom is -0.497 e. The number of ether oxygens (including phenoxy) is 2. The van der Waals surface area contributed by atoms with Gasteiger partial charge in [-0.25, -0.2) is 0 Å². The van der Waals surface area contributed by atoms with Crippen molar-refractivity contribution in [1.29, 1.82) is 0 Å². The van der Waals surface area contributed by atoms with Gasteiger partial charge in [0.25, 0.3) is 0 Å². The first kappa shape index (κ1) is 20.5. The van der Waals surface area contributed by atoms with Gasteiger partial charge in [-0.3, -0.25) is 4.79 Å². The lowest BCUT2D eigenvalue weighted by atomic mass is 9.78. The summed E-state index contributed by atoms with van der Waals surface area (Å²) in [5.74, 6) is 3.64. The second kappa shape index (κ2) is 8.61. The molecule has 3 aliphatic rings. The molecule has 2 aliphatic heterocycles. The van der Waals surface area contributed by atoms with Gasteiger partial charge in [0.2, 0.25) is 11.8 Å². The Hall–Kier alpha value is -2.41. The zero-order chi connectivity index (χ0) is 21.3. The lowest BCUT2D eigenvalue weighted by Gasteiger charge is -2.46. The van der Waals surface area contributed by atoms with E-state index in [0.717, 1.165) is 74.8 Å². The van der Waals surface area contributed by atoms with E-state index in [1.165, 1.54) is 12.8 Å². The van der Waals surface area contributed by atoms with Crippen LogP contribution in [-0.2, 0) is 22.4 Å². The van der Waals surface area contributed by atoms with Crippen molar-refractivity contribution >= 4 is 5.91 Å². The summed E-state index contributed by atoms with van der Waals surface area (Å²) in [6.45, 7) is 2.28. The van der Waals surface area contributed by atoms with Gasteiger partial charge in [-0.15, -0.1) is 0 Å². The number of benzene rings is 1. The zero-order valence-electron chi connectivity index (χ0n) is 18.2. The molecule has 1 aromatic carbocycles. The molecule has 1 spiro atoms. The number of rotatable bonds is 6. The minimum absolute atomic E-state index is 0.112. The molecule has 31 heavy (non-hydrogen) atoms. The number of amides is 1. The topological polar surface area (TPSA) is 77.7 Å². The third kappa shape index (κ3) is 4.76. The number of likely N-dealkylation sites (tertiary alicyclic amines) is 1. The van der Waals surface area contributed by atoms with Gasteiger partial charge in [-0.05, 0) is 62.1 Å². The Labute approximate surface area is 183 Å². The minimum atomic E-state index is -0.112. The van der Waals surface area contributed by atoms with Crippen molar-refractivity contribution in [2.45, 2.75) is 62.9 Å². The second-order valence-corrected chi connectivity index (χ2v) is 9.33. The Bertz CT molecular complexity index is 915. The van der Waals surface area contributed by atoms with Crippen LogP contribution in [0, 0.1) is 5.92 Å². The van der Waals surface area contributed by atoms with Crippen LogP contribution in [0.3, 0.4) is 0 Å². The van der Waals surface area contributed by atoms with E-state index in [0.29, 0.717) is 18.3 Å². The molecule has 3 fully saturated rings. The molecule has 0 bridgehead atoms. The molecule has 0 N–H and O–H groups in total. The first-order valence-corrected chi connectivity index (χ1v) is 11.5.